The van der Waals surface area contributed by atoms with Crippen LogP contribution in [0.1, 0.15) is 26.1 Å². The standard InChI is InChI=1S/C12H16N4O2/c1-3-9-12(18)16(8(2)11(17)15-9)7-10-13-5-4-6-14-10/h4-6,8-9H,3,7H2,1-2H3,(H,15,17). The monoisotopic (exact) mass is 248 g/mol. The first-order chi connectivity index (χ1) is 8.63. The number of nitrogens with one attached hydrogen (secondary N) is 1. The summed E-state index contributed by atoms with van der Waals surface area (Å²) in [6.07, 6.45) is 3.83. The largest absolute Gasteiger partial charge is 0.343 e. The second kappa shape index (κ2) is 5.12. The van der Waals surface area contributed by atoms with Crippen molar-refractivity contribution in [1.29, 1.82) is 0 Å². The number of rotatable bonds is 3. The summed E-state index contributed by atoms with van der Waals surface area (Å²) >= 11 is 0. The van der Waals surface area contributed by atoms with Crippen molar-refractivity contribution < 1.29 is 9.59 Å². The van der Waals surface area contributed by atoms with Gasteiger partial charge in [-0.2, -0.15) is 0 Å². The summed E-state index contributed by atoms with van der Waals surface area (Å²) in [6, 6.07) is 0.800. The van der Waals surface area contributed by atoms with E-state index >= 15 is 0 Å². The highest BCUT2D eigenvalue weighted by Gasteiger charge is 2.37. The Morgan fingerprint density at radius 2 is 2.00 bits per heavy atom. The van der Waals surface area contributed by atoms with Crippen LogP contribution in [0.5, 0.6) is 0 Å². The Balaban J connectivity index is 2.18. The normalized spacial score (nSPS) is 24.0. The van der Waals surface area contributed by atoms with Gasteiger partial charge in [-0.05, 0) is 19.4 Å². The fraction of sp³-hybridized carbons (Fsp3) is 0.500. The van der Waals surface area contributed by atoms with Crippen molar-refractivity contribution in [2.45, 2.75) is 38.9 Å². The number of aromatic nitrogens is 2. The number of carbonyl (C=O) groups is 2. The molecule has 1 aromatic rings. The summed E-state index contributed by atoms with van der Waals surface area (Å²) in [4.78, 5) is 33.6. The maximum absolute atomic E-state index is 12.2. The minimum absolute atomic E-state index is 0.0722. The Labute approximate surface area is 105 Å². The zero-order valence-corrected chi connectivity index (χ0v) is 10.5. The third-order valence-corrected chi connectivity index (χ3v) is 3.08. The SMILES string of the molecule is CCC1NC(=O)C(C)N(Cc2ncccn2)C1=O. The fourth-order valence-corrected chi connectivity index (χ4v) is 1.94. The zero-order chi connectivity index (χ0) is 13.1. The van der Waals surface area contributed by atoms with Crippen molar-refractivity contribution >= 4 is 11.8 Å². The van der Waals surface area contributed by atoms with Gasteiger partial charge >= 0.3 is 0 Å². The van der Waals surface area contributed by atoms with Crippen molar-refractivity contribution in [3.8, 4) is 0 Å². The second-order valence-electron chi connectivity index (χ2n) is 4.28. The molecule has 1 aromatic heterocycles. The van der Waals surface area contributed by atoms with Gasteiger partial charge in [-0.3, -0.25) is 9.59 Å². The third-order valence-electron chi connectivity index (χ3n) is 3.08. The molecule has 2 rings (SSSR count). The molecule has 6 nitrogen and oxygen atoms in total. The Morgan fingerprint density at radius 3 is 2.61 bits per heavy atom. The lowest BCUT2D eigenvalue weighted by atomic mass is 10.1. The van der Waals surface area contributed by atoms with E-state index in [1.807, 2.05) is 6.92 Å². The van der Waals surface area contributed by atoms with E-state index in [1.54, 1.807) is 25.4 Å². The van der Waals surface area contributed by atoms with Crippen molar-refractivity contribution in [2.24, 2.45) is 0 Å². The molecule has 1 fully saturated rings. The van der Waals surface area contributed by atoms with Crippen LogP contribution in [0, 0.1) is 0 Å². The highest BCUT2D eigenvalue weighted by molar-refractivity contribution is 5.96. The van der Waals surface area contributed by atoms with E-state index in [1.165, 1.54) is 4.90 Å². The van der Waals surface area contributed by atoms with E-state index in [-0.39, 0.29) is 18.4 Å². The van der Waals surface area contributed by atoms with E-state index in [2.05, 4.69) is 15.3 Å². The molecule has 96 valence electrons. The van der Waals surface area contributed by atoms with E-state index in [4.69, 9.17) is 0 Å². The van der Waals surface area contributed by atoms with Crippen molar-refractivity contribution in [3.05, 3.63) is 24.3 Å². The molecule has 2 atom stereocenters. The highest BCUT2D eigenvalue weighted by Crippen LogP contribution is 2.14. The van der Waals surface area contributed by atoms with E-state index in [0.717, 1.165) is 0 Å². The number of carbonyl (C=O) groups excluding carboxylic acids is 2. The van der Waals surface area contributed by atoms with E-state index in [9.17, 15) is 9.59 Å². The maximum atomic E-state index is 12.2. The van der Waals surface area contributed by atoms with Gasteiger partial charge in [0, 0.05) is 12.4 Å². The molecule has 2 unspecified atom stereocenters. The van der Waals surface area contributed by atoms with Gasteiger partial charge in [-0.15, -0.1) is 0 Å². The van der Waals surface area contributed by atoms with Crippen LogP contribution in [0.4, 0.5) is 0 Å². The van der Waals surface area contributed by atoms with Crippen LogP contribution in [0.3, 0.4) is 0 Å². The van der Waals surface area contributed by atoms with E-state index in [0.29, 0.717) is 12.2 Å². The first kappa shape index (κ1) is 12.5. The summed E-state index contributed by atoms with van der Waals surface area (Å²) < 4.78 is 0. The molecule has 1 saturated heterocycles. The van der Waals surface area contributed by atoms with Gasteiger partial charge in [-0.1, -0.05) is 6.92 Å². The smallest absolute Gasteiger partial charge is 0.246 e. The first-order valence-corrected chi connectivity index (χ1v) is 6.00. The minimum Gasteiger partial charge on any atom is -0.343 e. The van der Waals surface area contributed by atoms with Gasteiger partial charge in [0.25, 0.3) is 0 Å². The number of amides is 2. The number of hydrogen-bond acceptors (Lipinski definition) is 4. The lowest BCUT2D eigenvalue weighted by Crippen LogP contribution is -2.61. The van der Waals surface area contributed by atoms with Gasteiger partial charge in [0.05, 0.1) is 6.54 Å². The average molecular weight is 248 g/mol. The third kappa shape index (κ3) is 2.32. The Hall–Kier alpha value is -1.98. The molecule has 2 amide bonds. The zero-order valence-electron chi connectivity index (χ0n) is 10.5. The van der Waals surface area contributed by atoms with Gasteiger partial charge in [0.15, 0.2) is 0 Å². The van der Waals surface area contributed by atoms with Crippen LogP contribution in [0.15, 0.2) is 18.5 Å². The summed E-state index contributed by atoms with van der Waals surface area (Å²) in [7, 11) is 0. The van der Waals surface area contributed by atoms with Gasteiger partial charge < -0.3 is 10.2 Å². The van der Waals surface area contributed by atoms with Crippen LogP contribution in [0.2, 0.25) is 0 Å². The molecule has 6 heteroatoms. The Kier molecular flexibility index (Phi) is 3.55. The van der Waals surface area contributed by atoms with E-state index < -0.39 is 12.1 Å². The highest BCUT2D eigenvalue weighted by atomic mass is 16.2. The Morgan fingerprint density at radius 1 is 1.33 bits per heavy atom. The molecule has 0 spiro atoms. The predicted octanol–water partition coefficient (Wildman–Crippen LogP) is 0.102. The molecule has 0 aliphatic carbocycles. The molecule has 0 aromatic carbocycles. The number of piperazine rings is 1. The summed E-state index contributed by atoms with van der Waals surface area (Å²) in [5.41, 5.74) is 0. The topological polar surface area (TPSA) is 75.2 Å². The summed E-state index contributed by atoms with van der Waals surface area (Å²) in [5.74, 6) is 0.344. The van der Waals surface area contributed by atoms with Crippen LogP contribution in [-0.4, -0.2) is 38.8 Å². The average Bonchev–Trinajstić information content (AvgIpc) is 2.40. The molecule has 0 bridgehead atoms. The Bertz CT molecular complexity index is 449. The molecule has 18 heavy (non-hydrogen) atoms. The molecule has 1 aliphatic heterocycles. The molecule has 1 N–H and O–H groups in total. The molecule has 0 saturated carbocycles. The summed E-state index contributed by atoms with van der Waals surface area (Å²) in [6.45, 7) is 3.85. The first-order valence-electron chi connectivity index (χ1n) is 6.00. The van der Waals surface area contributed by atoms with Crippen LogP contribution < -0.4 is 5.32 Å². The van der Waals surface area contributed by atoms with Crippen molar-refractivity contribution in [2.75, 3.05) is 0 Å². The fourth-order valence-electron chi connectivity index (χ4n) is 1.94. The summed E-state index contributed by atoms with van der Waals surface area (Å²) in [5, 5.41) is 2.71. The maximum Gasteiger partial charge on any atom is 0.246 e. The van der Waals surface area contributed by atoms with Crippen LogP contribution >= 0.6 is 0 Å². The number of hydrogen-bond donors (Lipinski definition) is 1. The number of nitrogens with zero attached hydrogens (tertiary/aromatic N) is 3. The van der Waals surface area contributed by atoms with Gasteiger partial charge in [0.1, 0.15) is 17.9 Å². The molecular formula is C12H16N4O2. The molecule has 0 radical (unpaired) electrons. The van der Waals surface area contributed by atoms with Gasteiger partial charge in [0.2, 0.25) is 11.8 Å². The second-order valence-corrected chi connectivity index (χ2v) is 4.28. The van der Waals surface area contributed by atoms with Crippen molar-refractivity contribution in [3.63, 3.8) is 0 Å². The lowest BCUT2D eigenvalue weighted by Gasteiger charge is -2.36. The molecule has 1 aliphatic rings. The van der Waals surface area contributed by atoms with Crippen LogP contribution in [-0.2, 0) is 16.1 Å². The molecular weight excluding hydrogens is 232 g/mol. The van der Waals surface area contributed by atoms with Gasteiger partial charge in [-0.25, -0.2) is 9.97 Å². The predicted molar refractivity (Wildman–Crippen MR) is 64.3 cm³/mol. The van der Waals surface area contributed by atoms with Crippen LogP contribution in [0.25, 0.3) is 0 Å². The minimum atomic E-state index is -0.482. The van der Waals surface area contributed by atoms with Crippen molar-refractivity contribution in [1.82, 2.24) is 20.2 Å². The lowest BCUT2D eigenvalue weighted by molar-refractivity contribution is -0.149. The molecule has 2 heterocycles. The quantitative estimate of drug-likeness (QED) is 0.823.